The quantitative estimate of drug-likeness (QED) is 0.828. The van der Waals surface area contributed by atoms with E-state index in [1.165, 1.54) is 0 Å². The van der Waals surface area contributed by atoms with Gasteiger partial charge in [0.15, 0.2) is 0 Å². The lowest BCUT2D eigenvalue weighted by Crippen LogP contribution is -2.47. The Labute approximate surface area is 175 Å². The number of rotatable bonds is 4. The van der Waals surface area contributed by atoms with Crippen molar-refractivity contribution in [3.8, 4) is 0 Å². The van der Waals surface area contributed by atoms with Gasteiger partial charge in [0.1, 0.15) is 0 Å². The monoisotopic (exact) mass is 415 g/mol. The van der Waals surface area contributed by atoms with Gasteiger partial charge in [-0.2, -0.15) is 5.10 Å². The molecule has 2 aliphatic rings. The van der Waals surface area contributed by atoms with Gasteiger partial charge in [0.25, 0.3) is 11.8 Å². The van der Waals surface area contributed by atoms with Crippen LogP contribution in [0.4, 0.5) is 0 Å². The van der Waals surface area contributed by atoms with Gasteiger partial charge in [-0.3, -0.25) is 14.3 Å². The maximum Gasteiger partial charge on any atom is 0.257 e. The Balaban J connectivity index is 1.38. The molecule has 0 spiro atoms. The van der Waals surface area contributed by atoms with Gasteiger partial charge in [-0.15, -0.1) is 0 Å². The Morgan fingerprint density at radius 3 is 2.59 bits per heavy atom. The number of aryl methyl sites for hydroxylation is 1. The number of hydrogen-bond donors (Lipinski definition) is 1. The number of piperazine rings is 1. The molecule has 0 aliphatic carbocycles. The topological polar surface area (TPSA) is 70.5 Å². The van der Waals surface area contributed by atoms with Crippen LogP contribution in [0.5, 0.6) is 0 Å². The number of nitrogens with zero attached hydrogens (tertiary/aromatic N) is 4. The van der Waals surface area contributed by atoms with Crippen LogP contribution in [-0.2, 0) is 13.0 Å². The van der Waals surface area contributed by atoms with Gasteiger partial charge < -0.3 is 15.1 Å². The summed E-state index contributed by atoms with van der Waals surface area (Å²) in [7, 11) is 2.08. The highest BCUT2D eigenvalue weighted by Gasteiger charge is 2.29. The van der Waals surface area contributed by atoms with Crippen LogP contribution in [0.2, 0.25) is 5.02 Å². The van der Waals surface area contributed by atoms with E-state index in [4.69, 9.17) is 11.6 Å². The van der Waals surface area contributed by atoms with Gasteiger partial charge in [0.05, 0.1) is 17.5 Å². The van der Waals surface area contributed by atoms with E-state index in [0.29, 0.717) is 22.7 Å². The second kappa shape index (κ2) is 8.55. The molecule has 3 heterocycles. The second-order valence-corrected chi connectivity index (χ2v) is 8.34. The van der Waals surface area contributed by atoms with Crippen molar-refractivity contribution in [3.05, 3.63) is 52.3 Å². The summed E-state index contributed by atoms with van der Waals surface area (Å²) in [6.45, 7) is 4.64. The molecule has 1 aromatic carbocycles. The SMILES string of the molecule is CN1CCN(C(=O)c2cnn3c2C[C@H](CNC(=O)c2ccc(Cl)cc2)CC3)CC1. The largest absolute Gasteiger partial charge is 0.352 e. The van der Waals surface area contributed by atoms with Crippen LogP contribution in [0.25, 0.3) is 0 Å². The van der Waals surface area contributed by atoms with Crippen molar-refractivity contribution < 1.29 is 9.59 Å². The first kappa shape index (κ1) is 19.9. The number of carbonyl (C=O) groups is 2. The normalized spacial score (nSPS) is 19.7. The van der Waals surface area contributed by atoms with Crippen molar-refractivity contribution in [3.63, 3.8) is 0 Å². The molecule has 0 bridgehead atoms. The minimum absolute atomic E-state index is 0.0743. The minimum Gasteiger partial charge on any atom is -0.352 e. The summed E-state index contributed by atoms with van der Waals surface area (Å²) in [5, 5.41) is 8.06. The van der Waals surface area contributed by atoms with Gasteiger partial charge in [-0.05, 0) is 50.1 Å². The number of hydrogen-bond acceptors (Lipinski definition) is 4. The van der Waals surface area contributed by atoms with Crippen LogP contribution in [0, 0.1) is 5.92 Å². The van der Waals surface area contributed by atoms with E-state index in [1.54, 1.807) is 30.5 Å². The van der Waals surface area contributed by atoms with Gasteiger partial charge in [-0.25, -0.2) is 0 Å². The Bertz CT molecular complexity index is 887. The molecule has 2 aliphatic heterocycles. The third kappa shape index (κ3) is 4.46. The van der Waals surface area contributed by atoms with Crippen molar-refractivity contribution >= 4 is 23.4 Å². The highest BCUT2D eigenvalue weighted by molar-refractivity contribution is 6.30. The van der Waals surface area contributed by atoms with E-state index in [9.17, 15) is 9.59 Å². The fourth-order valence-electron chi connectivity index (χ4n) is 3.97. The number of benzene rings is 1. The number of amides is 2. The van der Waals surface area contributed by atoms with Crippen LogP contribution >= 0.6 is 11.6 Å². The van der Waals surface area contributed by atoms with Crippen LogP contribution in [0.15, 0.2) is 30.5 Å². The van der Waals surface area contributed by atoms with Gasteiger partial charge >= 0.3 is 0 Å². The van der Waals surface area contributed by atoms with Crippen LogP contribution in [0.1, 0.15) is 32.8 Å². The third-order valence-electron chi connectivity index (χ3n) is 5.86. The average Bonchev–Trinajstić information content (AvgIpc) is 3.16. The first-order valence-corrected chi connectivity index (χ1v) is 10.5. The molecule has 2 amide bonds. The number of nitrogens with one attached hydrogen (secondary N) is 1. The Morgan fingerprint density at radius 2 is 1.86 bits per heavy atom. The summed E-state index contributed by atoms with van der Waals surface area (Å²) >= 11 is 5.88. The van der Waals surface area contributed by atoms with Crippen molar-refractivity contribution in [2.75, 3.05) is 39.8 Å². The van der Waals surface area contributed by atoms with E-state index in [0.717, 1.165) is 51.3 Å². The van der Waals surface area contributed by atoms with Crippen molar-refractivity contribution in [1.82, 2.24) is 24.9 Å². The molecule has 1 fully saturated rings. The Hall–Kier alpha value is -2.38. The molecule has 1 aromatic heterocycles. The molecule has 0 unspecified atom stereocenters. The summed E-state index contributed by atoms with van der Waals surface area (Å²) in [4.78, 5) is 29.5. The fourth-order valence-corrected chi connectivity index (χ4v) is 4.10. The lowest BCUT2D eigenvalue weighted by Gasteiger charge is -2.32. The van der Waals surface area contributed by atoms with E-state index in [2.05, 4.69) is 22.4 Å². The van der Waals surface area contributed by atoms with E-state index in [-0.39, 0.29) is 17.7 Å². The van der Waals surface area contributed by atoms with Crippen LogP contribution in [0.3, 0.4) is 0 Å². The Kier molecular flexibility index (Phi) is 5.87. The lowest BCUT2D eigenvalue weighted by molar-refractivity contribution is 0.0661. The highest BCUT2D eigenvalue weighted by Crippen LogP contribution is 2.24. The first-order valence-electron chi connectivity index (χ1n) is 10.1. The third-order valence-corrected chi connectivity index (χ3v) is 6.11. The van der Waals surface area contributed by atoms with Crippen LogP contribution in [-0.4, -0.2) is 71.2 Å². The molecule has 1 atom stereocenters. The zero-order valence-corrected chi connectivity index (χ0v) is 17.4. The molecule has 0 radical (unpaired) electrons. The molecule has 8 heteroatoms. The minimum atomic E-state index is -0.102. The standard InChI is InChI=1S/C21H26ClN5O2/c1-25-8-10-26(11-9-25)21(29)18-14-24-27-7-6-15(12-19(18)27)13-23-20(28)16-2-4-17(22)5-3-16/h2-5,14-15H,6-13H2,1H3,(H,23,28)/t15-/m1/s1. The number of aromatic nitrogens is 2. The Morgan fingerprint density at radius 1 is 1.14 bits per heavy atom. The summed E-state index contributed by atoms with van der Waals surface area (Å²) in [6, 6.07) is 6.87. The van der Waals surface area contributed by atoms with E-state index in [1.807, 2.05) is 9.58 Å². The summed E-state index contributed by atoms with van der Waals surface area (Å²) in [6.07, 6.45) is 3.39. The maximum absolute atomic E-state index is 13.0. The highest BCUT2D eigenvalue weighted by atomic mass is 35.5. The molecule has 154 valence electrons. The summed E-state index contributed by atoms with van der Waals surface area (Å²) in [5.74, 6) is 0.258. The molecule has 1 N–H and O–H groups in total. The molecule has 1 saturated heterocycles. The predicted molar refractivity (Wildman–Crippen MR) is 111 cm³/mol. The second-order valence-electron chi connectivity index (χ2n) is 7.90. The average molecular weight is 416 g/mol. The fraction of sp³-hybridized carbons (Fsp3) is 0.476. The molecular weight excluding hydrogens is 390 g/mol. The van der Waals surface area contributed by atoms with Crippen molar-refractivity contribution in [2.24, 2.45) is 5.92 Å². The van der Waals surface area contributed by atoms with E-state index >= 15 is 0 Å². The maximum atomic E-state index is 13.0. The predicted octanol–water partition coefficient (Wildman–Crippen LogP) is 1.92. The number of fused-ring (bicyclic) bond motifs is 1. The van der Waals surface area contributed by atoms with E-state index < -0.39 is 0 Å². The van der Waals surface area contributed by atoms with Crippen molar-refractivity contribution in [2.45, 2.75) is 19.4 Å². The van der Waals surface area contributed by atoms with Gasteiger partial charge in [0, 0.05) is 49.9 Å². The molecule has 7 nitrogen and oxygen atoms in total. The van der Waals surface area contributed by atoms with Gasteiger partial charge in [0.2, 0.25) is 0 Å². The summed E-state index contributed by atoms with van der Waals surface area (Å²) in [5.41, 5.74) is 2.30. The zero-order valence-electron chi connectivity index (χ0n) is 16.6. The van der Waals surface area contributed by atoms with Crippen LogP contribution < -0.4 is 5.32 Å². The van der Waals surface area contributed by atoms with Gasteiger partial charge in [-0.1, -0.05) is 11.6 Å². The molecule has 4 rings (SSSR count). The number of halogens is 1. The summed E-state index contributed by atoms with van der Waals surface area (Å²) < 4.78 is 1.95. The molecule has 2 aromatic rings. The van der Waals surface area contributed by atoms with Crippen molar-refractivity contribution in [1.29, 1.82) is 0 Å². The first-order chi connectivity index (χ1) is 14.0. The number of likely N-dealkylation sites (N-methyl/N-ethyl adjacent to an activating group) is 1. The smallest absolute Gasteiger partial charge is 0.257 e. The molecule has 0 saturated carbocycles. The zero-order chi connectivity index (χ0) is 20.4. The molecular formula is C21H26ClN5O2. The lowest BCUT2D eigenvalue weighted by atomic mass is 9.94. The number of carbonyl (C=O) groups excluding carboxylic acids is 2. The molecule has 29 heavy (non-hydrogen) atoms.